The molecule has 1 amide bonds. The molecule has 5 N–H and O–H groups in total. The van der Waals surface area contributed by atoms with Gasteiger partial charge in [-0.3, -0.25) is 9.89 Å². The molecule has 0 bridgehead atoms. The van der Waals surface area contributed by atoms with Crippen LogP contribution in [0.4, 0.5) is 5.69 Å². The van der Waals surface area contributed by atoms with Crippen molar-refractivity contribution in [1.29, 1.82) is 0 Å². The van der Waals surface area contributed by atoms with Crippen molar-refractivity contribution < 1.29 is 4.79 Å². The molecule has 130 valence electrons. The number of nitrogens with zero attached hydrogens (tertiary/aromatic N) is 1. The van der Waals surface area contributed by atoms with E-state index in [4.69, 9.17) is 5.73 Å². The number of benzene rings is 2. The summed E-state index contributed by atoms with van der Waals surface area (Å²) in [6, 6.07) is 15.4. The van der Waals surface area contributed by atoms with Crippen LogP contribution in [0.2, 0.25) is 0 Å². The predicted octanol–water partition coefficient (Wildman–Crippen LogP) is 3.24. The molecule has 4 rings (SSSR count). The lowest BCUT2D eigenvalue weighted by Crippen LogP contribution is -2.27. The molecule has 26 heavy (non-hydrogen) atoms. The van der Waals surface area contributed by atoms with Gasteiger partial charge >= 0.3 is 0 Å². The highest BCUT2D eigenvalue weighted by Crippen LogP contribution is 2.32. The number of rotatable bonds is 5. The van der Waals surface area contributed by atoms with Crippen molar-refractivity contribution in [2.75, 3.05) is 11.9 Å². The number of carbonyl (C=O) groups is 1. The average molecular weight is 345 g/mol. The first-order valence-electron chi connectivity index (χ1n) is 8.43. The zero-order chi connectivity index (χ0) is 17.9. The summed E-state index contributed by atoms with van der Waals surface area (Å²) in [5.41, 5.74) is 10.4. The van der Waals surface area contributed by atoms with Crippen LogP contribution in [-0.2, 0) is 4.79 Å². The molecule has 0 radical (unpaired) electrons. The van der Waals surface area contributed by atoms with E-state index in [2.05, 4.69) is 20.5 Å². The Kier molecular flexibility index (Phi) is 4.25. The summed E-state index contributed by atoms with van der Waals surface area (Å²) in [6.45, 7) is 0.247. The summed E-state index contributed by atoms with van der Waals surface area (Å²) in [7, 11) is 0. The largest absolute Gasteiger partial charge is 0.359 e. The lowest BCUT2D eigenvalue weighted by Gasteiger charge is -2.15. The molecule has 2 aromatic carbocycles. The minimum atomic E-state index is -0.394. The summed E-state index contributed by atoms with van der Waals surface area (Å²) in [5, 5.41) is 10.9. The SMILES string of the molecule is NC[C@H](C(=O)Nc1cccc2c(-c3cn[nH]c3)c[nH]c12)c1ccccc1. The minimum absolute atomic E-state index is 0.120. The molecule has 0 aliphatic carbocycles. The fourth-order valence-electron chi connectivity index (χ4n) is 3.20. The Balaban J connectivity index is 1.66. The van der Waals surface area contributed by atoms with Crippen molar-refractivity contribution in [3.8, 4) is 11.1 Å². The number of aromatic nitrogens is 3. The highest BCUT2D eigenvalue weighted by atomic mass is 16.1. The number of anilines is 1. The maximum atomic E-state index is 12.8. The van der Waals surface area contributed by atoms with E-state index in [0.717, 1.165) is 33.3 Å². The molecule has 2 aromatic heterocycles. The van der Waals surface area contributed by atoms with E-state index < -0.39 is 5.92 Å². The second-order valence-corrected chi connectivity index (χ2v) is 6.11. The lowest BCUT2D eigenvalue weighted by atomic mass is 9.98. The van der Waals surface area contributed by atoms with Crippen LogP contribution in [0, 0.1) is 0 Å². The number of hydrogen-bond acceptors (Lipinski definition) is 3. The van der Waals surface area contributed by atoms with Crippen LogP contribution in [-0.4, -0.2) is 27.6 Å². The summed E-state index contributed by atoms with van der Waals surface area (Å²) in [6.07, 6.45) is 5.53. The van der Waals surface area contributed by atoms with Gasteiger partial charge in [-0.25, -0.2) is 0 Å². The van der Waals surface area contributed by atoms with E-state index in [1.165, 1.54) is 0 Å². The Morgan fingerprint density at radius 3 is 2.69 bits per heavy atom. The zero-order valence-corrected chi connectivity index (χ0v) is 14.1. The third-order valence-electron chi connectivity index (χ3n) is 4.54. The van der Waals surface area contributed by atoms with Gasteiger partial charge in [0.05, 0.1) is 23.3 Å². The molecule has 2 heterocycles. The molecule has 0 aliphatic rings. The van der Waals surface area contributed by atoms with Crippen molar-refractivity contribution in [3.05, 3.63) is 72.7 Å². The van der Waals surface area contributed by atoms with Gasteiger partial charge in [-0.1, -0.05) is 42.5 Å². The Hall–Kier alpha value is -3.38. The number of fused-ring (bicyclic) bond motifs is 1. The maximum Gasteiger partial charge on any atom is 0.233 e. The minimum Gasteiger partial charge on any atom is -0.359 e. The van der Waals surface area contributed by atoms with E-state index in [1.54, 1.807) is 6.20 Å². The van der Waals surface area contributed by atoms with Crippen LogP contribution in [0.5, 0.6) is 0 Å². The number of nitrogens with one attached hydrogen (secondary N) is 3. The van der Waals surface area contributed by atoms with E-state index >= 15 is 0 Å². The number of para-hydroxylation sites is 1. The number of nitrogens with two attached hydrogens (primary N) is 1. The van der Waals surface area contributed by atoms with Crippen molar-refractivity contribution in [1.82, 2.24) is 15.2 Å². The smallest absolute Gasteiger partial charge is 0.233 e. The number of aromatic amines is 2. The highest BCUT2D eigenvalue weighted by Gasteiger charge is 2.20. The second-order valence-electron chi connectivity index (χ2n) is 6.11. The van der Waals surface area contributed by atoms with Crippen molar-refractivity contribution in [3.63, 3.8) is 0 Å². The standard InChI is InChI=1S/C20H19N5O/c21-9-16(13-5-2-1-3-6-13)20(26)25-18-8-4-7-15-17(12-22-19(15)18)14-10-23-24-11-14/h1-8,10-12,16,22H,9,21H2,(H,23,24)(H,25,26)/t16-/m0/s1. The van der Waals surface area contributed by atoms with Crippen LogP contribution in [0.3, 0.4) is 0 Å². The number of carbonyl (C=O) groups excluding carboxylic acids is 1. The molecule has 0 saturated carbocycles. The van der Waals surface area contributed by atoms with Crippen molar-refractivity contribution in [2.45, 2.75) is 5.92 Å². The molecule has 1 atom stereocenters. The van der Waals surface area contributed by atoms with E-state index in [0.29, 0.717) is 0 Å². The number of amides is 1. The molecule has 0 aliphatic heterocycles. The number of H-pyrrole nitrogens is 2. The molecule has 0 fully saturated rings. The van der Waals surface area contributed by atoms with Crippen molar-refractivity contribution >= 4 is 22.5 Å². The first-order valence-corrected chi connectivity index (χ1v) is 8.43. The van der Waals surface area contributed by atoms with Gasteiger partial charge in [-0.2, -0.15) is 5.10 Å². The Morgan fingerprint density at radius 1 is 1.12 bits per heavy atom. The van der Waals surface area contributed by atoms with Crippen LogP contribution >= 0.6 is 0 Å². The second kappa shape index (κ2) is 6.85. The lowest BCUT2D eigenvalue weighted by molar-refractivity contribution is -0.117. The quantitative estimate of drug-likeness (QED) is 0.447. The van der Waals surface area contributed by atoms with Gasteiger partial charge in [0, 0.05) is 35.5 Å². The maximum absolute atomic E-state index is 12.8. The summed E-state index contributed by atoms with van der Waals surface area (Å²) in [5.74, 6) is -0.513. The van der Waals surface area contributed by atoms with Crippen LogP contribution in [0.15, 0.2) is 67.1 Å². The van der Waals surface area contributed by atoms with Gasteiger partial charge in [0.1, 0.15) is 0 Å². The molecular weight excluding hydrogens is 326 g/mol. The van der Waals surface area contributed by atoms with E-state index in [9.17, 15) is 4.79 Å². The molecule has 0 unspecified atom stereocenters. The molecule has 6 heteroatoms. The molecule has 0 spiro atoms. The first-order chi connectivity index (χ1) is 12.8. The summed E-state index contributed by atoms with van der Waals surface area (Å²) < 4.78 is 0. The van der Waals surface area contributed by atoms with E-state index in [-0.39, 0.29) is 12.5 Å². The topological polar surface area (TPSA) is 99.6 Å². The normalized spacial score (nSPS) is 12.2. The van der Waals surface area contributed by atoms with Gasteiger partial charge in [-0.15, -0.1) is 0 Å². The van der Waals surface area contributed by atoms with Gasteiger partial charge in [0.2, 0.25) is 5.91 Å². The average Bonchev–Trinajstić information content (AvgIpc) is 3.33. The van der Waals surface area contributed by atoms with Crippen LogP contribution in [0.1, 0.15) is 11.5 Å². The molecule has 4 aromatic rings. The van der Waals surface area contributed by atoms with Gasteiger partial charge in [0.25, 0.3) is 0 Å². The summed E-state index contributed by atoms with van der Waals surface area (Å²) in [4.78, 5) is 16.1. The third-order valence-corrected chi connectivity index (χ3v) is 4.54. The Bertz CT molecular complexity index is 1020. The van der Waals surface area contributed by atoms with Crippen LogP contribution < -0.4 is 11.1 Å². The Labute approximate surface area is 150 Å². The Morgan fingerprint density at radius 2 is 1.96 bits per heavy atom. The third kappa shape index (κ3) is 2.87. The van der Waals surface area contributed by atoms with Crippen molar-refractivity contribution in [2.24, 2.45) is 5.73 Å². The molecule has 6 nitrogen and oxygen atoms in total. The van der Waals surface area contributed by atoms with Gasteiger partial charge in [0.15, 0.2) is 0 Å². The fraction of sp³-hybridized carbons (Fsp3) is 0.100. The highest BCUT2D eigenvalue weighted by molar-refractivity contribution is 6.07. The van der Waals surface area contributed by atoms with Gasteiger partial charge in [-0.05, 0) is 11.6 Å². The first kappa shape index (κ1) is 16.1. The molecule has 0 saturated heterocycles. The van der Waals surface area contributed by atoms with Gasteiger partial charge < -0.3 is 16.0 Å². The molecular formula is C20H19N5O. The monoisotopic (exact) mass is 345 g/mol. The van der Waals surface area contributed by atoms with Crippen LogP contribution in [0.25, 0.3) is 22.0 Å². The fourth-order valence-corrected chi connectivity index (χ4v) is 3.20. The van der Waals surface area contributed by atoms with E-state index in [1.807, 2.05) is 60.9 Å². The number of hydrogen-bond donors (Lipinski definition) is 4. The zero-order valence-electron chi connectivity index (χ0n) is 14.1. The predicted molar refractivity (Wildman–Crippen MR) is 103 cm³/mol. The summed E-state index contributed by atoms with van der Waals surface area (Å²) >= 11 is 0.